The van der Waals surface area contributed by atoms with Crippen LogP contribution in [0.2, 0.25) is 0 Å². The van der Waals surface area contributed by atoms with Crippen LogP contribution in [-0.2, 0) is 16.1 Å². The van der Waals surface area contributed by atoms with Crippen molar-refractivity contribution in [1.29, 1.82) is 0 Å². The summed E-state index contributed by atoms with van der Waals surface area (Å²) in [6, 6.07) is 1.94. The van der Waals surface area contributed by atoms with Crippen molar-refractivity contribution in [2.45, 2.75) is 57.5 Å². The van der Waals surface area contributed by atoms with Crippen molar-refractivity contribution in [3.8, 4) is 0 Å². The van der Waals surface area contributed by atoms with Crippen LogP contribution in [0.1, 0.15) is 44.9 Å². The highest BCUT2D eigenvalue weighted by molar-refractivity contribution is 5.80. The third-order valence-corrected chi connectivity index (χ3v) is 5.49. The van der Waals surface area contributed by atoms with Gasteiger partial charge in [-0.05, 0) is 19.3 Å². The van der Waals surface area contributed by atoms with Gasteiger partial charge in [-0.25, -0.2) is 4.68 Å². The molecule has 3 rings (SSSR count). The Morgan fingerprint density at radius 1 is 1.27 bits per heavy atom. The number of hydrogen-bond donors (Lipinski definition) is 1. The van der Waals surface area contributed by atoms with Gasteiger partial charge in [0.1, 0.15) is 0 Å². The van der Waals surface area contributed by atoms with E-state index in [0.29, 0.717) is 25.7 Å². The van der Waals surface area contributed by atoms with Crippen molar-refractivity contribution >= 4 is 11.6 Å². The monoisotopic (exact) mass is 362 g/mol. The van der Waals surface area contributed by atoms with Crippen LogP contribution < -0.4 is 15.8 Å². The fourth-order valence-corrected chi connectivity index (χ4v) is 3.89. The molecule has 0 bridgehead atoms. The third-order valence-electron chi connectivity index (χ3n) is 5.49. The van der Waals surface area contributed by atoms with Crippen molar-refractivity contribution < 1.29 is 9.53 Å². The Bertz CT molecular complexity index is 652. The Morgan fingerprint density at radius 2 is 2.04 bits per heavy atom. The molecule has 1 N–H and O–H groups in total. The molecule has 0 radical (unpaired) electrons. The SMILES string of the molecule is COCCn1ncc(N2CCC(C(=O)NC3CCCCCC3)C2)cc1=O. The quantitative estimate of drug-likeness (QED) is 0.777. The van der Waals surface area contributed by atoms with E-state index in [4.69, 9.17) is 4.74 Å². The molecule has 2 aliphatic rings. The zero-order valence-corrected chi connectivity index (χ0v) is 15.7. The van der Waals surface area contributed by atoms with Crippen LogP contribution >= 0.6 is 0 Å². The van der Waals surface area contributed by atoms with Gasteiger partial charge in [0.05, 0.1) is 31.0 Å². The number of anilines is 1. The van der Waals surface area contributed by atoms with Gasteiger partial charge in [-0.2, -0.15) is 5.10 Å². The largest absolute Gasteiger partial charge is 0.383 e. The first kappa shape index (κ1) is 18.9. The molecule has 0 spiro atoms. The molecule has 1 saturated carbocycles. The van der Waals surface area contributed by atoms with Crippen molar-refractivity contribution in [3.63, 3.8) is 0 Å². The zero-order valence-electron chi connectivity index (χ0n) is 15.7. The van der Waals surface area contributed by atoms with E-state index in [2.05, 4.69) is 15.3 Å². The molecule has 1 aromatic rings. The lowest BCUT2D eigenvalue weighted by molar-refractivity contribution is -0.125. The highest BCUT2D eigenvalue weighted by atomic mass is 16.5. The minimum atomic E-state index is -0.133. The predicted molar refractivity (Wildman–Crippen MR) is 100 cm³/mol. The minimum Gasteiger partial charge on any atom is -0.383 e. The molecule has 1 aromatic heterocycles. The number of nitrogens with zero attached hydrogens (tertiary/aromatic N) is 3. The maximum atomic E-state index is 12.6. The Hall–Kier alpha value is -1.89. The van der Waals surface area contributed by atoms with E-state index in [-0.39, 0.29) is 17.4 Å². The molecule has 144 valence electrons. The van der Waals surface area contributed by atoms with Crippen molar-refractivity contribution in [2.75, 3.05) is 31.7 Å². The van der Waals surface area contributed by atoms with E-state index >= 15 is 0 Å². The summed E-state index contributed by atoms with van der Waals surface area (Å²) in [5, 5.41) is 7.47. The molecule has 0 aromatic carbocycles. The summed E-state index contributed by atoms with van der Waals surface area (Å²) >= 11 is 0. The summed E-state index contributed by atoms with van der Waals surface area (Å²) in [7, 11) is 1.60. The van der Waals surface area contributed by atoms with Crippen LogP contribution in [-0.4, -0.2) is 48.5 Å². The van der Waals surface area contributed by atoms with Crippen LogP contribution in [0.15, 0.2) is 17.1 Å². The number of methoxy groups -OCH3 is 1. The van der Waals surface area contributed by atoms with E-state index in [0.717, 1.165) is 31.5 Å². The summed E-state index contributed by atoms with van der Waals surface area (Å²) in [6.07, 6.45) is 9.74. The van der Waals surface area contributed by atoms with Crippen LogP contribution in [0.5, 0.6) is 0 Å². The Balaban J connectivity index is 1.55. The number of rotatable bonds is 6. The Labute approximate surface area is 154 Å². The first-order chi connectivity index (χ1) is 12.7. The second kappa shape index (κ2) is 9.16. The number of ether oxygens (including phenoxy) is 1. The number of aromatic nitrogens is 2. The zero-order chi connectivity index (χ0) is 18.4. The summed E-state index contributed by atoms with van der Waals surface area (Å²) < 4.78 is 6.39. The van der Waals surface area contributed by atoms with Gasteiger partial charge < -0.3 is 15.0 Å². The van der Waals surface area contributed by atoms with Crippen molar-refractivity contribution in [2.24, 2.45) is 5.92 Å². The summed E-state index contributed by atoms with van der Waals surface area (Å²) in [5.41, 5.74) is 0.666. The number of carbonyl (C=O) groups excluding carboxylic acids is 1. The summed E-state index contributed by atoms with van der Waals surface area (Å²) in [6.45, 7) is 2.34. The molecule has 7 heteroatoms. The minimum absolute atomic E-state index is 0.00539. The lowest BCUT2D eigenvalue weighted by Crippen LogP contribution is -2.39. The van der Waals surface area contributed by atoms with E-state index in [1.165, 1.54) is 30.4 Å². The smallest absolute Gasteiger partial charge is 0.268 e. The number of carbonyl (C=O) groups is 1. The standard InChI is InChI=1S/C19H30N4O3/c1-26-11-10-23-18(24)12-17(13-20-23)22-9-8-15(14-22)19(25)21-16-6-4-2-3-5-7-16/h12-13,15-16H,2-11,14H2,1H3,(H,21,25). The number of amides is 1. The third kappa shape index (κ3) is 4.84. The molecular formula is C19H30N4O3. The van der Waals surface area contributed by atoms with Gasteiger partial charge in [0.2, 0.25) is 5.91 Å². The molecule has 1 atom stereocenters. The van der Waals surface area contributed by atoms with E-state index in [1.54, 1.807) is 19.4 Å². The van der Waals surface area contributed by atoms with Gasteiger partial charge in [-0.15, -0.1) is 0 Å². The van der Waals surface area contributed by atoms with E-state index < -0.39 is 0 Å². The maximum Gasteiger partial charge on any atom is 0.268 e. The molecule has 1 unspecified atom stereocenters. The van der Waals surface area contributed by atoms with Gasteiger partial charge in [0.25, 0.3) is 5.56 Å². The average molecular weight is 362 g/mol. The van der Waals surface area contributed by atoms with Gasteiger partial charge in [-0.1, -0.05) is 25.7 Å². The van der Waals surface area contributed by atoms with Gasteiger partial charge in [-0.3, -0.25) is 9.59 Å². The molecule has 1 aliphatic heterocycles. The maximum absolute atomic E-state index is 12.6. The molecule has 7 nitrogen and oxygen atoms in total. The second-order valence-electron chi connectivity index (χ2n) is 7.40. The van der Waals surface area contributed by atoms with Crippen LogP contribution in [0, 0.1) is 5.92 Å². The highest BCUT2D eigenvalue weighted by Crippen LogP contribution is 2.23. The molecule has 1 amide bonds. The summed E-state index contributed by atoms with van der Waals surface area (Å²) in [5.74, 6) is 0.162. The molecule has 1 saturated heterocycles. The van der Waals surface area contributed by atoms with E-state index in [9.17, 15) is 9.59 Å². The number of nitrogens with one attached hydrogen (secondary N) is 1. The predicted octanol–water partition coefficient (Wildman–Crippen LogP) is 1.55. The highest BCUT2D eigenvalue weighted by Gasteiger charge is 2.30. The topological polar surface area (TPSA) is 76.5 Å². The molecular weight excluding hydrogens is 332 g/mol. The number of hydrogen-bond acceptors (Lipinski definition) is 5. The fourth-order valence-electron chi connectivity index (χ4n) is 3.89. The van der Waals surface area contributed by atoms with E-state index in [1.807, 2.05) is 0 Å². The van der Waals surface area contributed by atoms with Crippen LogP contribution in [0.3, 0.4) is 0 Å². The van der Waals surface area contributed by atoms with Gasteiger partial charge in [0.15, 0.2) is 0 Å². The normalized spacial score (nSPS) is 21.6. The second-order valence-corrected chi connectivity index (χ2v) is 7.40. The van der Waals surface area contributed by atoms with Gasteiger partial charge >= 0.3 is 0 Å². The fraction of sp³-hybridized carbons (Fsp3) is 0.737. The Kier molecular flexibility index (Phi) is 6.66. The van der Waals surface area contributed by atoms with Crippen LogP contribution in [0.25, 0.3) is 0 Å². The molecule has 2 fully saturated rings. The van der Waals surface area contributed by atoms with Crippen molar-refractivity contribution in [1.82, 2.24) is 15.1 Å². The molecule has 26 heavy (non-hydrogen) atoms. The summed E-state index contributed by atoms with van der Waals surface area (Å²) in [4.78, 5) is 26.9. The lowest BCUT2D eigenvalue weighted by atomic mass is 10.1. The lowest BCUT2D eigenvalue weighted by Gasteiger charge is -2.20. The Morgan fingerprint density at radius 3 is 2.73 bits per heavy atom. The van der Waals surface area contributed by atoms with Crippen molar-refractivity contribution in [3.05, 3.63) is 22.6 Å². The van der Waals surface area contributed by atoms with Gasteiger partial charge in [0, 0.05) is 32.3 Å². The molecule has 1 aliphatic carbocycles. The first-order valence-electron chi connectivity index (χ1n) is 9.79. The van der Waals surface area contributed by atoms with Crippen LogP contribution in [0.4, 0.5) is 5.69 Å². The average Bonchev–Trinajstić information content (AvgIpc) is 3.00. The molecule has 2 heterocycles. The first-order valence-corrected chi connectivity index (χ1v) is 9.79.